The summed E-state index contributed by atoms with van der Waals surface area (Å²) in [5, 5.41) is 0. The first-order valence-corrected chi connectivity index (χ1v) is 7.27. The fourth-order valence-corrected chi connectivity index (χ4v) is 1.68. The highest BCUT2D eigenvalue weighted by Crippen LogP contribution is 2.17. The normalized spacial score (nSPS) is 9.27. The van der Waals surface area contributed by atoms with Crippen LogP contribution in [0, 0.1) is 0 Å². The molecule has 4 heteroatoms. The lowest BCUT2D eigenvalue weighted by Gasteiger charge is -2.04. The Kier molecular flexibility index (Phi) is 8.35. The summed E-state index contributed by atoms with van der Waals surface area (Å²) in [5.74, 6) is 3.48. The summed E-state index contributed by atoms with van der Waals surface area (Å²) in [4.78, 5) is 0. The minimum absolute atomic E-state index is 0.702. The van der Waals surface area contributed by atoms with E-state index in [4.69, 9.17) is 18.9 Å². The predicted octanol–water partition coefficient (Wildman–Crippen LogP) is 4.19. The van der Waals surface area contributed by atoms with Crippen LogP contribution in [0.1, 0.15) is 13.8 Å². The second-order valence-electron chi connectivity index (χ2n) is 4.22. The molecule has 0 saturated heterocycles. The van der Waals surface area contributed by atoms with Gasteiger partial charge < -0.3 is 18.9 Å². The molecule has 0 saturated carbocycles. The SMILES string of the molecule is CCOc1ccc(OCC)cc1.COc1ccc(OC)cc1. The van der Waals surface area contributed by atoms with Crippen LogP contribution in [0.5, 0.6) is 23.0 Å². The van der Waals surface area contributed by atoms with E-state index in [-0.39, 0.29) is 0 Å². The molecule has 0 atom stereocenters. The Morgan fingerprint density at radius 3 is 1.05 bits per heavy atom. The number of rotatable bonds is 6. The van der Waals surface area contributed by atoms with Crippen LogP contribution in [0.2, 0.25) is 0 Å². The van der Waals surface area contributed by atoms with Crippen LogP contribution in [0.4, 0.5) is 0 Å². The molecule has 0 aliphatic heterocycles. The maximum Gasteiger partial charge on any atom is 0.119 e. The van der Waals surface area contributed by atoms with Gasteiger partial charge in [-0.3, -0.25) is 0 Å². The predicted molar refractivity (Wildman–Crippen MR) is 88.3 cm³/mol. The molecule has 0 aliphatic rings. The molecule has 0 aliphatic carbocycles. The highest BCUT2D eigenvalue weighted by atomic mass is 16.5. The minimum atomic E-state index is 0.702. The summed E-state index contributed by atoms with van der Waals surface area (Å²) < 4.78 is 20.5. The monoisotopic (exact) mass is 304 g/mol. The maximum atomic E-state index is 5.28. The van der Waals surface area contributed by atoms with Crippen LogP contribution in [0.15, 0.2) is 48.5 Å². The molecule has 2 aromatic rings. The summed E-state index contributed by atoms with van der Waals surface area (Å²) >= 11 is 0. The van der Waals surface area contributed by atoms with Crippen molar-refractivity contribution in [2.24, 2.45) is 0 Å². The zero-order chi connectivity index (χ0) is 16.2. The average Bonchev–Trinajstić information content (AvgIpc) is 2.58. The first-order chi connectivity index (χ1) is 10.7. The zero-order valence-corrected chi connectivity index (χ0v) is 13.7. The van der Waals surface area contributed by atoms with Gasteiger partial charge in [-0.25, -0.2) is 0 Å². The smallest absolute Gasteiger partial charge is 0.119 e. The molecule has 2 rings (SSSR count). The summed E-state index contributed by atoms with van der Waals surface area (Å²) in [6.07, 6.45) is 0. The fraction of sp³-hybridized carbons (Fsp3) is 0.333. The Morgan fingerprint density at radius 2 is 0.818 bits per heavy atom. The number of hydrogen-bond donors (Lipinski definition) is 0. The molecule has 0 unspecified atom stereocenters. The van der Waals surface area contributed by atoms with Crippen molar-refractivity contribution in [3.8, 4) is 23.0 Å². The zero-order valence-electron chi connectivity index (χ0n) is 13.7. The van der Waals surface area contributed by atoms with Gasteiger partial charge in [0.1, 0.15) is 23.0 Å². The van der Waals surface area contributed by atoms with Gasteiger partial charge >= 0.3 is 0 Å². The van der Waals surface area contributed by atoms with Crippen molar-refractivity contribution in [1.82, 2.24) is 0 Å². The molecule has 120 valence electrons. The Balaban J connectivity index is 0.000000224. The number of benzene rings is 2. The van der Waals surface area contributed by atoms with E-state index in [1.165, 1.54) is 0 Å². The van der Waals surface area contributed by atoms with E-state index in [0.29, 0.717) is 13.2 Å². The van der Waals surface area contributed by atoms with Gasteiger partial charge in [-0.2, -0.15) is 0 Å². The van der Waals surface area contributed by atoms with Gasteiger partial charge in [0.15, 0.2) is 0 Å². The van der Waals surface area contributed by atoms with Crippen LogP contribution in [-0.2, 0) is 0 Å². The first kappa shape index (κ1) is 17.7. The molecule has 0 heterocycles. The molecule has 4 nitrogen and oxygen atoms in total. The van der Waals surface area contributed by atoms with E-state index in [9.17, 15) is 0 Å². The van der Waals surface area contributed by atoms with E-state index in [2.05, 4.69) is 0 Å². The molecular formula is C18H24O4. The lowest BCUT2D eigenvalue weighted by Crippen LogP contribution is -1.93. The van der Waals surface area contributed by atoms with Crippen LogP contribution in [0.25, 0.3) is 0 Å². The van der Waals surface area contributed by atoms with E-state index in [1.807, 2.05) is 62.4 Å². The molecule has 0 aromatic heterocycles. The molecule has 2 aromatic carbocycles. The van der Waals surface area contributed by atoms with Crippen LogP contribution >= 0.6 is 0 Å². The van der Waals surface area contributed by atoms with Crippen molar-refractivity contribution in [2.45, 2.75) is 13.8 Å². The number of hydrogen-bond acceptors (Lipinski definition) is 4. The van der Waals surface area contributed by atoms with Gasteiger partial charge in [0.2, 0.25) is 0 Å². The Labute approximate surface area is 132 Å². The summed E-state index contributed by atoms with van der Waals surface area (Å²) in [7, 11) is 3.28. The lowest BCUT2D eigenvalue weighted by atomic mass is 10.3. The average molecular weight is 304 g/mol. The fourth-order valence-electron chi connectivity index (χ4n) is 1.68. The third-order valence-corrected chi connectivity index (χ3v) is 2.74. The highest BCUT2D eigenvalue weighted by Gasteiger charge is 1.93. The van der Waals surface area contributed by atoms with E-state index in [1.54, 1.807) is 14.2 Å². The second-order valence-corrected chi connectivity index (χ2v) is 4.22. The summed E-state index contributed by atoms with van der Waals surface area (Å²) in [6.45, 7) is 5.34. The number of methoxy groups -OCH3 is 2. The summed E-state index contributed by atoms with van der Waals surface area (Å²) in [6, 6.07) is 15.1. The van der Waals surface area contributed by atoms with Crippen LogP contribution in [0.3, 0.4) is 0 Å². The molecule has 22 heavy (non-hydrogen) atoms. The molecule has 0 fully saturated rings. The van der Waals surface area contributed by atoms with E-state index in [0.717, 1.165) is 23.0 Å². The molecular weight excluding hydrogens is 280 g/mol. The van der Waals surface area contributed by atoms with E-state index >= 15 is 0 Å². The van der Waals surface area contributed by atoms with Gasteiger partial charge in [0.25, 0.3) is 0 Å². The Bertz CT molecular complexity index is 458. The lowest BCUT2D eigenvalue weighted by molar-refractivity contribution is 0.330. The van der Waals surface area contributed by atoms with Crippen molar-refractivity contribution < 1.29 is 18.9 Å². The maximum absolute atomic E-state index is 5.28. The van der Waals surface area contributed by atoms with Crippen molar-refractivity contribution in [1.29, 1.82) is 0 Å². The van der Waals surface area contributed by atoms with Crippen LogP contribution in [-0.4, -0.2) is 27.4 Å². The minimum Gasteiger partial charge on any atom is -0.497 e. The van der Waals surface area contributed by atoms with Crippen molar-refractivity contribution in [3.63, 3.8) is 0 Å². The molecule has 0 bridgehead atoms. The van der Waals surface area contributed by atoms with Gasteiger partial charge in [-0.1, -0.05) is 0 Å². The highest BCUT2D eigenvalue weighted by molar-refractivity contribution is 5.31. The number of ether oxygens (including phenoxy) is 4. The quantitative estimate of drug-likeness (QED) is 0.802. The van der Waals surface area contributed by atoms with Crippen LogP contribution < -0.4 is 18.9 Å². The van der Waals surface area contributed by atoms with Gasteiger partial charge in [0, 0.05) is 0 Å². The third kappa shape index (κ3) is 6.39. The largest absolute Gasteiger partial charge is 0.497 e. The van der Waals surface area contributed by atoms with Gasteiger partial charge in [-0.15, -0.1) is 0 Å². The van der Waals surface area contributed by atoms with E-state index < -0.39 is 0 Å². The van der Waals surface area contributed by atoms with Gasteiger partial charge in [-0.05, 0) is 62.4 Å². The van der Waals surface area contributed by atoms with Crippen molar-refractivity contribution in [3.05, 3.63) is 48.5 Å². The molecule has 0 amide bonds. The Hall–Kier alpha value is -2.36. The van der Waals surface area contributed by atoms with Crippen molar-refractivity contribution >= 4 is 0 Å². The summed E-state index contributed by atoms with van der Waals surface area (Å²) in [5.41, 5.74) is 0. The molecule has 0 radical (unpaired) electrons. The second kappa shape index (κ2) is 10.4. The standard InChI is InChI=1S/C10H14O2.C8H10O2/c1-3-11-9-5-7-10(8-6-9)12-4-2;1-9-7-3-5-8(10-2)6-4-7/h5-8H,3-4H2,1-2H3;3-6H,1-2H3. The van der Waals surface area contributed by atoms with Crippen molar-refractivity contribution in [2.75, 3.05) is 27.4 Å². The topological polar surface area (TPSA) is 36.9 Å². The first-order valence-electron chi connectivity index (χ1n) is 7.27. The van der Waals surface area contributed by atoms with Gasteiger partial charge in [0.05, 0.1) is 27.4 Å². The Morgan fingerprint density at radius 1 is 0.545 bits per heavy atom. The third-order valence-electron chi connectivity index (χ3n) is 2.74. The molecule has 0 N–H and O–H groups in total. The molecule has 0 spiro atoms.